The maximum atomic E-state index is 12.4. The van der Waals surface area contributed by atoms with Crippen molar-refractivity contribution in [1.82, 2.24) is 4.57 Å². The molecule has 6 heteroatoms. The third kappa shape index (κ3) is 4.85. The Bertz CT molecular complexity index is 756. The van der Waals surface area contributed by atoms with Crippen LogP contribution in [0, 0.1) is 0 Å². The molecule has 4 nitrogen and oxygen atoms in total. The van der Waals surface area contributed by atoms with Gasteiger partial charge in [-0.25, -0.2) is 0 Å². The van der Waals surface area contributed by atoms with Gasteiger partial charge in [0.2, 0.25) is 5.91 Å². The molecule has 0 bridgehead atoms. The molecule has 0 aliphatic carbocycles. The third-order valence-electron chi connectivity index (χ3n) is 3.39. The summed E-state index contributed by atoms with van der Waals surface area (Å²) in [7, 11) is 0. The lowest BCUT2D eigenvalue weighted by Crippen LogP contribution is -2.25. The number of pyridine rings is 1. The lowest BCUT2D eigenvalue weighted by atomic mass is 10.2. The van der Waals surface area contributed by atoms with E-state index in [2.05, 4.69) is 5.32 Å². The van der Waals surface area contributed by atoms with E-state index in [4.69, 9.17) is 23.2 Å². The highest BCUT2D eigenvalue weighted by atomic mass is 35.5. The van der Waals surface area contributed by atoms with Crippen molar-refractivity contribution < 1.29 is 4.79 Å². The molecule has 0 aliphatic heterocycles. The minimum Gasteiger partial charge on any atom is -0.321 e. The summed E-state index contributed by atoms with van der Waals surface area (Å²) in [4.78, 5) is 24.2. The number of hydrogen-bond donors (Lipinski definition) is 1. The third-order valence-corrected chi connectivity index (χ3v) is 4.13. The zero-order chi connectivity index (χ0) is 16.8. The molecule has 1 aromatic carbocycles. The van der Waals surface area contributed by atoms with Crippen molar-refractivity contribution in [1.29, 1.82) is 0 Å². The standard InChI is InChI=1S/C17H18Cl2N2O2/c1-2-3-6-16(22)20-15-5-4-9-21(17(15)23)11-12-7-8-13(18)14(19)10-12/h4-5,7-10H,2-3,6,11H2,1H3,(H,20,22). The Hall–Kier alpha value is -1.78. The van der Waals surface area contributed by atoms with Crippen molar-refractivity contribution in [2.75, 3.05) is 5.32 Å². The van der Waals surface area contributed by atoms with Crippen molar-refractivity contribution in [2.45, 2.75) is 32.7 Å². The SMILES string of the molecule is CCCCC(=O)Nc1cccn(Cc2ccc(Cl)c(Cl)c2)c1=O. The van der Waals surface area contributed by atoms with E-state index in [-0.39, 0.29) is 17.2 Å². The summed E-state index contributed by atoms with van der Waals surface area (Å²) in [6, 6.07) is 8.57. The molecule has 2 rings (SSSR count). The van der Waals surface area contributed by atoms with Gasteiger partial charge in [-0.05, 0) is 36.2 Å². The molecule has 1 heterocycles. The van der Waals surface area contributed by atoms with E-state index in [0.717, 1.165) is 18.4 Å². The molecule has 0 spiro atoms. The molecule has 0 aliphatic rings. The smallest absolute Gasteiger partial charge is 0.274 e. The van der Waals surface area contributed by atoms with Crippen LogP contribution in [0.5, 0.6) is 0 Å². The number of nitrogens with zero attached hydrogens (tertiary/aromatic N) is 1. The molecule has 0 atom stereocenters. The molecule has 0 saturated heterocycles. The normalized spacial score (nSPS) is 10.6. The Morgan fingerprint density at radius 1 is 1.22 bits per heavy atom. The predicted octanol–water partition coefficient (Wildman–Crippen LogP) is 4.33. The molecular formula is C17H18Cl2N2O2. The summed E-state index contributed by atoms with van der Waals surface area (Å²) in [5.41, 5.74) is 0.896. The summed E-state index contributed by atoms with van der Waals surface area (Å²) in [5.74, 6) is -0.142. The van der Waals surface area contributed by atoms with Gasteiger partial charge in [-0.3, -0.25) is 9.59 Å². The van der Waals surface area contributed by atoms with Gasteiger partial charge < -0.3 is 9.88 Å². The number of halogens is 2. The van der Waals surface area contributed by atoms with Gasteiger partial charge in [0.05, 0.1) is 16.6 Å². The predicted molar refractivity (Wildman–Crippen MR) is 94.4 cm³/mol. The van der Waals surface area contributed by atoms with Crippen molar-refractivity contribution in [2.24, 2.45) is 0 Å². The fourth-order valence-corrected chi connectivity index (χ4v) is 2.46. The number of benzene rings is 1. The fraction of sp³-hybridized carbons (Fsp3) is 0.294. The number of unbranched alkanes of at least 4 members (excludes halogenated alkanes) is 1. The quantitative estimate of drug-likeness (QED) is 0.840. The summed E-state index contributed by atoms with van der Waals surface area (Å²) in [6.07, 6.45) is 3.82. The van der Waals surface area contributed by atoms with Crippen molar-refractivity contribution in [3.05, 3.63) is 62.5 Å². The van der Waals surface area contributed by atoms with Crippen LogP contribution in [0.4, 0.5) is 5.69 Å². The first-order valence-electron chi connectivity index (χ1n) is 7.44. The van der Waals surface area contributed by atoms with Gasteiger partial charge in [-0.15, -0.1) is 0 Å². The van der Waals surface area contributed by atoms with Gasteiger partial charge >= 0.3 is 0 Å². The highest BCUT2D eigenvalue weighted by Crippen LogP contribution is 2.22. The molecule has 2 aromatic rings. The molecule has 122 valence electrons. The molecule has 0 saturated carbocycles. The number of carbonyl (C=O) groups is 1. The van der Waals surface area contributed by atoms with E-state index in [1.165, 1.54) is 4.57 Å². The number of aromatic nitrogens is 1. The maximum Gasteiger partial charge on any atom is 0.274 e. The van der Waals surface area contributed by atoms with E-state index in [0.29, 0.717) is 23.0 Å². The Labute approximate surface area is 145 Å². The van der Waals surface area contributed by atoms with E-state index in [9.17, 15) is 9.59 Å². The Morgan fingerprint density at radius 2 is 2.00 bits per heavy atom. The second-order valence-electron chi connectivity index (χ2n) is 5.26. The zero-order valence-corrected chi connectivity index (χ0v) is 14.3. The number of carbonyl (C=O) groups excluding carboxylic acids is 1. The Balaban J connectivity index is 2.17. The monoisotopic (exact) mass is 352 g/mol. The first kappa shape index (κ1) is 17.6. The van der Waals surface area contributed by atoms with Gasteiger partial charge in [-0.1, -0.05) is 42.6 Å². The summed E-state index contributed by atoms with van der Waals surface area (Å²) < 4.78 is 1.52. The number of rotatable bonds is 6. The highest BCUT2D eigenvalue weighted by molar-refractivity contribution is 6.42. The van der Waals surface area contributed by atoms with Crippen LogP contribution in [0.3, 0.4) is 0 Å². The van der Waals surface area contributed by atoms with Gasteiger partial charge in [0.15, 0.2) is 0 Å². The van der Waals surface area contributed by atoms with Crippen LogP contribution in [-0.4, -0.2) is 10.5 Å². The lowest BCUT2D eigenvalue weighted by Gasteiger charge is -2.10. The lowest BCUT2D eigenvalue weighted by molar-refractivity contribution is -0.116. The molecule has 0 fully saturated rings. The largest absolute Gasteiger partial charge is 0.321 e. The minimum atomic E-state index is -0.247. The first-order chi connectivity index (χ1) is 11.0. The van der Waals surface area contributed by atoms with Crippen LogP contribution in [0.25, 0.3) is 0 Å². The summed E-state index contributed by atoms with van der Waals surface area (Å²) in [5, 5.41) is 3.59. The second-order valence-corrected chi connectivity index (χ2v) is 6.07. The van der Waals surface area contributed by atoms with E-state index in [1.807, 2.05) is 13.0 Å². The second kappa shape index (κ2) is 8.18. The van der Waals surface area contributed by atoms with Crippen molar-refractivity contribution >= 4 is 34.8 Å². The van der Waals surface area contributed by atoms with Crippen LogP contribution in [0.15, 0.2) is 41.3 Å². The molecular weight excluding hydrogens is 335 g/mol. The average molecular weight is 353 g/mol. The van der Waals surface area contributed by atoms with Crippen LogP contribution in [0.2, 0.25) is 10.0 Å². The minimum absolute atomic E-state index is 0.142. The van der Waals surface area contributed by atoms with Crippen molar-refractivity contribution in [3.8, 4) is 0 Å². The van der Waals surface area contributed by atoms with E-state index >= 15 is 0 Å². The average Bonchev–Trinajstić information content (AvgIpc) is 2.53. The van der Waals surface area contributed by atoms with Gasteiger partial charge in [0.1, 0.15) is 5.69 Å². The molecule has 23 heavy (non-hydrogen) atoms. The van der Waals surface area contributed by atoms with Crippen LogP contribution in [0.1, 0.15) is 31.7 Å². The van der Waals surface area contributed by atoms with Crippen LogP contribution >= 0.6 is 23.2 Å². The molecule has 1 amide bonds. The summed E-state index contributed by atoms with van der Waals surface area (Å²) in [6.45, 7) is 2.37. The fourth-order valence-electron chi connectivity index (χ4n) is 2.14. The van der Waals surface area contributed by atoms with Gasteiger partial charge in [0.25, 0.3) is 5.56 Å². The van der Waals surface area contributed by atoms with E-state index in [1.54, 1.807) is 30.5 Å². The van der Waals surface area contributed by atoms with Gasteiger partial charge in [-0.2, -0.15) is 0 Å². The number of amides is 1. The van der Waals surface area contributed by atoms with Crippen LogP contribution in [-0.2, 0) is 11.3 Å². The Morgan fingerprint density at radius 3 is 2.70 bits per heavy atom. The molecule has 1 N–H and O–H groups in total. The highest BCUT2D eigenvalue weighted by Gasteiger charge is 2.08. The van der Waals surface area contributed by atoms with Gasteiger partial charge in [0, 0.05) is 12.6 Å². The topological polar surface area (TPSA) is 51.1 Å². The number of hydrogen-bond acceptors (Lipinski definition) is 2. The Kier molecular flexibility index (Phi) is 6.25. The molecule has 0 unspecified atom stereocenters. The first-order valence-corrected chi connectivity index (χ1v) is 8.20. The maximum absolute atomic E-state index is 12.4. The zero-order valence-electron chi connectivity index (χ0n) is 12.8. The molecule has 1 aromatic heterocycles. The number of anilines is 1. The van der Waals surface area contributed by atoms with E-state index < -0.39 is 0 Å². The van der Waals surface area contributed by atoms with Crippen molar-refractivity contribution in [3.63, 3.8) is 0 Å². The number of nitrogens with one attached hydrogen (secondary N) is 1. The summed E-state index contributed by atoms with van der Waals surface area (Å²) >= 11 is 11.9. The molecule has 0 radical (unpaired) electrons. The van der Waals surface area contributed by atoms with Crippen LogP contribution < -0.4 is 10.9 Å².